The van der Waals surface area contributed by atoms with Crippen LogP contribution in [0, 0.1) is 23.7 Å². The van der Waals surface area contributed by atoms with Gasteiger partial charge in [-0.25, -0.2) is 0 Å². The molecule has 0 unspecified atom stereocenters. The molecule has 11 heavy (non-hydrogen) atoms. The number of carboxylic acids is 1. The minimum atomic E-state index is -0.810. The molecule has 0 heterocycles. The van der Waals surface area contributed by atoms with E-state index in [1.54, 1.807) is 0 Å². The number of carbonyl (C=O) groups is 1. The summed E-state index contributed by atoms with van der Waals surface area (Å²) in [5.41, 5.74) is -0.252. The van der Waals surface area contributed by atoms with E-state index in [9.17, 15) is 4.79 Å². The zero-order valence-electron chi connectivity index (χ0n) is 7.22. The maximum Gasteiger partial charge on any atom is 0.307 e. The van der Waals surface area contributed by atoms with E-state index in [0.29, 0.717) is 6.42 Å². The van der Waals surface area contributed by atoms with Gasteiger partial charge in [0.05, 0.1) is 5.92 Å². The van der Waals surface area contributed by atoms with Crippen molar-refractivity contribution in [1.29, 1.82) is 0 Å². The molecule has 1 atom stereocenters. The Kier molecular flexibility index (Phi) is 3.13. The monoisotopic (exact) mass is 154 g/mol. The molecule has 0 rings (SSSR count). The Hall–Kier alpha value is -0.970. The predicted octanol–water partition coefficient (Wildman–Crippen LogP) is 1.76. The molecule has 0 bridgehead atoms. The first kappa shape index (κ1) is 10.0. The zero-order chi connectivity index (χ0) is 9.07. The molecule has 0 aliphatic heterocycles. The molecule has 1 N–H and O–H groups in total. The minimum absolute atomic E-state index is 0.252. The fraction of sp³-hybridized carbons (Fsp3) is 0.667. The van der Waals surface area contributed by atoms with Gasteiger partial charge in [0.15, 0.2) is 0 Å². The van der Waals surface area contributed by atoms with Crippen molar-refractivity contribution in [2.75, 3.05) is 0 Å². The molecule has 0 saturated carbocycles. The van der Waals surface area contributed by atoms with Crippen LogP contribution in [0.3, 0.4) is 0 Å². The standard InChI is InChI=1S/C9H14O2/c1-5-6-7(8(10)11)9(2,3)4/h1,7H,6H2,2-4H3,(H,10,11)/t7-/m0/s1. The van der Waals surface area contributed by atoms with Gasteiger partial charge in [0.1, 0.15) is 0 Å². The summed E-state index contributed by atoms with van der Waals surface area (Å²) in [7, 11) is 0. The number of carboxylic acid groups (broad SMARTS) is 1. The van der Waals surface area contributed by atoms with Crippen molar-refractivity contribution in [3.05, 3.63) is 0 Å². The highest BCUT2D eigenvalue weighted by atomic mass is 16.4. The summed E-state index contributed by atoms with van der Waals surface area (Å²) in [6.07, 6.45) is 5.35. The van der Waals surface area contributed by atoms with Crippen molar-refractivity contribution in [1.82, 2.24) is 0 Å². The molecule has 0 fully saturated rings. The Morgan fingerprint density at radius 3 is 2.18 bits per heavy atom. The van der Waals surface area contributed by atoms with E-state index in [2.05, 4.69) is 5.92 Å². The molecule has 0 aliphatic rings. The van der Waals surface area contributed by atoms with Gasteiger partial charge in [0.2, 0.25) is 0 Å². The molecule has 62 valence electrons. The van der Waals surface area contributed by atoms with Crippen LogP contribution in [0.15, 0.2) is 0 Å². The molecule has 0 aliphatic carbocycles. The second kappa shape index (κ2) is 3.43. The summed E-state index contributed by atoms with van der Waals surface area (Å²) in [5.74, 6) is 1.13. The zero-order valence-corrected chi connectivity index (χ0v) is 7.22. The Morgan fingerprint density at radius 1 is 1.64 bits per heavy atom. The predicted molar refractivity (Wildman–Crippen MR) is 44.0 cm³/mol. The number of hydrogen-bond acceptors (Lipinski definition) is 1. The van der Waals surface area contributed by atoms with E-state index in [0.717, 1.165) is 0 Å². The topological polar surface area (TPSA) is 37.3 Å². The molecule has 0 aromatic carbocycles. The second-order valence-corrected chi connectivity index (χ2v) is 3.67. The van der Waals surface area contributed by atoms with Gasteiger partial charge in [-0.2, -0.15) is 0 Å². The highest BCUT2D eigenvalue weighted by Gasteiger charge is 2.29. The third kappa shape index (κ3) is 3.08. The average molecular weight is 154 g/mol. The van der Waals surface area contributed by atoms with Gasteiger partial charge >= 0.3 is 5.97 Å². The molecular weight excluding hydrogens is 140 g/mol. The lowest BCUT2D eigenvalue weighted by Gasteiger charge is -2.24. The third-order valence-electron chi connectivity index (χ3n) is 1.67. The van der Waals surface area contributed by atoms with Gasteiger partial charge in [-0.05, 0) is 5.41 Å². The first-order valence-corrected chi connectivity index (χ1v) is 3.56. The van der Waals surface area contributed by atoms with Crippen molar-refractivity contribution in [2.24, 2.45) is 11.3 Å². The van der Waals surface area contributed by atoms with E-state index >= 15 is 0 Å². The quantitative estimate of drug-likeness (QED) is 0.615. The molecule has 0 saturated heterocycles. The Bertz CT molecular complexity index is 181. The summed E-state index contributed by atoms with van der Waals surface area (Å²) in [6, 6.07) is 0. The van der Waals surface area contributed by atoms with E-state index in [1.165, 1.54) is 0 Å². The number of rotatable bonds is 2. The fourth-order valence-corrected chi connectivity index (χ4v) is 0.882. The van der Waals surface area contributed by atoms with Crippen LogP contribution in [0.1, 0.15) is 27.2 Å². The maximum absolute atomic E-state index is 10.6. The van der Waals surface area contributed by atoms with Crippen LogP contribution in [-0.4, -0.2) is 11.1 Å². The molecule has 2 nitrogen and oxygen atoms in total. The van der Waals surface area contributed by atoms with Crippen LogP contribution in [0.5, 0.6) is 0 Å². The van der Waals surface area contributed by atoms with Crippen LogP contribution in [0.2, 0.25) is 0 Å². The lowest BCUT2D eigenvalue weighted by atomic mass is 9.79. The highest BCUT2D eigenvalue weighted by molar-refractivity contribution is 5.71. The van der Waals surface area contributed by atoms with Gasteiger partial charge < -0.3 is 5.11 Å². The highest BCUT2D eigenvalue weighted by Crippen LogP contribution is 2.28. The van der Waals surface area contributed by atoms with Gasteiger partial charge in [0.25, 0.3) is 0 Å². The van der Waals surface area contributed by atoms with Crippen LogP contribution < -0.4 is 0 Å². The van der Waals surface area contributed by atoms with Crippen LogP contribution in [0.4, 0.5) is 0 Å². The lowest BCUT2D eigenvalue weighted by molar-refractivity contribution is -0.145. The Labute approximate surface area is 67.6 Å². The summed E-state index contributed by atoms with van der Waals surface area (Å²) in [4.78, 5) is 10.6. The van der Waals surface area contributed by atoms with E-state index in [4.69, 9.17) is 11.5 Å². The van der Waals surface area contributed by atoms with Crippen LogP contribution in [0.25, 0.3) is 0 Å². The normalized spacial score (nSPS) is 13.6. The Morgan fingerprint density at radius 2 is 2.09 bits per heavy atom. The van der Waals surface area contributed by atoms with Crippen LogP contribution >= 0.6 is 0 Å². The lowest BCUT2D eigenvalue weighted by Crippen LogP contribution is -2.27. The van der Waals surface area contributed by atoms with Gasteiger partial charge in [-0.3, -0.25) is 4.79 Å². The van der Waals surface area contributed by atoms with Crippen molar-refractivity contribution in [2.45, 2.75) is 27.2 Å². The number of aliphatic carboxylic acids is 1. The summed E-state index contributed by atoms with van der Waals surface area (Å²) in [6.45, 7) is 5.63. The number of terminal acetylenes is 1. The average Bonchev–Trinajstić information content (AvgIpc) is 1.79. The van der Waals surface area contributed by atoms with E-state index < -0.39 is 11.9 Å². The minimum Gasteiger partial charge on any atom is -0.481 e. The maximum atomic E-state index is 10.6. The van der Waals surface area contributed by atoms with E-state index in [1.807, 2.05) is 20.8 Å². The summed E-state index contributed by atoms with van der Waals surface area (Å²) in [5, 5.41) is 8.74. The molecule has 0 radical (unpaired) electrons. The van der Waals surface area contributed by atoms with Crippen molar-refractivity contribution in [3.63, 3.8) is 0 Å². The van der Waals surface area contributed by atoms with E-state index in [-0.39, 0.29) is 5.41 Å². The largest absolute Gasteiger partial charge is 0.481 e. The second-order valence-electron chi connectivity index (χ2n) is 3.67. The van der Waals surface area contributed by atoms with Gasteiger partial charge in [0, 0.05) is 6.42 Å². The van der Waals surface area contributed by atoms with Crippen molar-refractivity contribution < 1.29 is 9.90 Å². The fourth-order valence-electron chi connectivity index (χ4n) is 0.882. The molecule has 2 heteroatoms. The summed E-state index contributed by atoms with van der Waals surface area (Å²) >= 11 is 0. The third-order valence-corrected chi connectivity index (χ3v) is 1.67. The van der Waals surface area contributed by atoms with Crippen molar-refractivity contribution in [3.8, 4) is 12.3 Å². The molecule has 0 aromatic rings. The SMILES string of the molecule is C#CC[C@@H](C(=O)O)C(C)(C)C. The molecule has 0 amide bonds. The van der Waals surface area contributed by atoms with Gasteiger partial charge in [-0.1, -0.05) is 20.8 Å². The first-order chi connectivity index (χ1) is 4.89. The molecule has 0 spiro atoms. The molecular formula is C9H14O2. The summed E-state index contributed by atoms with van der Waals surface area (Å²) < 4.78 is 0. The Balaban J connectivity index is 4.38. The smallest absolute Gasteiger partial charge is 0.307 e. The van der Waals surface area contributed by atoms with Crippen LogP contribution in [-0.2, 0) is 4.79 Å². The number of hydrogen-bond donors (Lipinski definition) is 1. The van der Waals surface area contributed by atoms with Crippen molar-refractivity contribution >= 4 is 5.97 Å². The molecule has 0 aromatic heterocycles. The van der Waals surface area contributed by atoms with Gasteiger partial charge in [-0.15, -0.1) is 12.3 Å². The first-order valence-electron chi connectivity index (χ1n) is 3.56.